The summed E-state index contributed by atoms with van der Waals surface area (Å²) in [5.41, 5.74) is 0. The number of carbonyl (C=O) groups excluding carboxylic acids is 1. The van der Waals surface area contributed by atoms with E-state index in [2.05, 4.69) is 5.32 Å². The summed E-state index contributed by atoms with van der Waals surface area (Å²) in [5, 5.41) is 11.3. The summed E-state index contributed by atoms with van der Waals surface area (Å²) < 4.78 is 0. The maximum atomic E-state index is 11.2. The van der Waals surface area contributed by atoms with Crippen LogP contribution < -0.4 is 5.32 Å². The van der Waals surface area contributed by atoms with Crippen LogP contribution in [0.2, 0.25) is 0 Å². The lowest BCUT2D eigenvalue weighted by atomic mass is 10.1. The van der Waals surface area contributed by atoms with Gasteiger partial charge in [-0.25, -0.2) is 0 Å². The van der Waals surface area contributed by atoms with Gasteiger partial charge in [0.15, 0.2) is 0 Å². The zero-order valence-corrected chi connectivity index (χ0v) is 8.49. The Morgan fingerprint density at radius 2 is 2.36 bits per heavy atom. The predicted octanol–water partition coefficient (Wildman–Crippen LogP) is -0.330. The lowest BCUT2D eigenvalue weighted by Gasteiger charge is -2.34. The molecule has 0 aromatic rings. The number of piperazine rings is 1. The summed E-state index contributed by atoms with van der Waals surface area (Å²) >= 11 is 0. The summed E-state index contributed by atoms with van der Waals surface area (Å²) in [6.07, 6.45) is -0.00500. The maximum absolute atomic E-state index is 11.2. The van der Waals surface area contributed by atoms with Crippen molar-refractivity contribution in [3.05, 3.63) is 0 Å². The molecule has 0 aromatic carbocycles. The molecule has 0 radical (unpaired) electrons. The molecule has 0 saturated carbocycles. The topological polar surface area (TPSA) is 69.6 Å². The summed E-state index contributed by atoms with van der Waals surface area (Å²) in [6.45, 7) is 4.98. The highest BCUT2D eigenvalue weighted by atomic mass is 16.4. The fourth-order valence-electron chi connectivity index (χ4n) is 1.57. The van der Waals surface area contributed by atoms with E-state index >= 15 is 0 Å². The van der Waals surface area contributed by atoms with E-state index in [1.807, 2.05) is 18.7 Å². The van der Waals surface area contributed by atoms with Crippen molar-refractivity contribution in [1.82, 2.24) is 10.2 Å². The Labute approximate surface area is 83.1 Å². The molecule has 1 heterocycles. The number of nitrogens with zero attached hydrogens (tertiary/aromatic N) is 1. The fourth-order valence-corrected chi connectivity index (χ4v) is 1.57. The third-order valence-corrected chi connectivity index (χ3v) is 2.32. The van der Waals surface area contributed by atoms with Crippen molar-refractivity contribution in [2.75, 3.05) is 13.1 Å². The molecule has 1 aliphatic rings. The molecule has 5 heteroatoms. The summed E-state index contributed by atoms with van der Waals surface area (Å²) in [7, 11) is 0. The van der Waals surface area contributed by atoms with E-state index in [9.17, 15) is 9.59 Å². The van der Waals surface area contributed by atoms with E-state index in [0.717, 1.165) is 0 Å². The second-order valence-corrected chi connectivity index (χ2v) is 3.89. The molecule has 14 heavy (non-hydrogen) atoms. The lowest BCUT2D eigenvalue weighted by molar-refractivity contribution is -0.138. The number of aliphatic carboxylic acids is 1. The van der Waals surface area contributed by atoms with Crippen LogP contribution in [0.3, 0.4) is 0 Å². The second kappa shape index (κ2) is 4.41. The molecule has 2 N–H and O–H groups in total. The van der Waals surface area contributed by atoms with Crippen molar-refractivity contribution in [2.45, 2.75) is 32.4 Å². The monoisotopic (exact) mass is 200 g/mol. The van der Waals surface area contributed by atoms with Crippen LogP contribution >= 0.6 is 0 Å². The number of nitrogens with one attached hydrogen (secondary N) is 1. The molecule has 80 valence electrons. The molecular formula is C9H16N2O3. The van der Waals surface area contributed by atoms with Crippen LogP contribution in [0.1, 0.15) is 20.3 Å². The van der Waals surface area contributed by atoms with E-state index in [-0.39, 0.29) is 24.4 Å². The van der Waals surface area contributed by atoms with Gasteiger partial charge in [-0.1, -0.05) is 0 Å². The van der Waals surface area contributed by atoms with Gasteiger partial charge in [-0.2, -0.15) is 0 Å². The molecule has 1 amide bonds. The molecule has 0 aromatic heterocycles. The Hall–Kier alpha value is -1.10. The minimum atomic E-state index is -0.874. The normalized spacial score (nSPS) is 23.6. The van der Waals surface area contributed by atoms with Crippen molar-refractivity contribution in [2.24, 2.45) is 0 Å². The molecule has 0 spiro atoms. The van der Waals surface area contributed by atoms with Crippen molar-refractivity contribution in [1.29, 1.82) is 0 Å². The summed E-state index contributed by atoms with van der Waals surface area (Å²) in [6, 6.07) is 0.0218. The summed E-state index contributed by atoms with van der Waals surface area (Å²) in [5.74, 6) is -0.961. The van der Waals surface area contributed by atoms with Gasteiger partial charge in [-0.15, -0.1) is 0 Å². The smallest absolute Gasteiger partial charge is 0.305 e. The Balaban J connectivity index is 2.53. The average Bonchev–Trinajstić information content (AvgIpc) is 2.01. The molecular weight excluding hydrogens is 184 g/mol. The van der Waals surface area contributed by atoms with Gasteiger partial charge >= 0.3 is 5.97 Å². The van der Waals surface area contributed by atoms with E-state index in [4.69, 9.17) is 5.11 Å². The zero-order chi connectivity index (χ0) is 10.7. The first-order valence-corrected chi connectivity index (χ1v) is 4.74. The van der Waals surface area contributed by atoms with Gasteiger partial charge in [0, 0.05) is 12.6 Å². The molecule has 5 nitrogen and oxygen atoms in total. The first kappa shape index (κ1) is 11.0. The van der Waals surface area contributed by atoms with Gasteiger partial charge in [0.2, 0.25) is 5.91 Å². The number of carboxylic acid groups (broad SMARTS) is 1. The number of carbonyl (C=O) groups is 2. The van der Waals surface area contributed by atoms with Gasteiger partial charge in [0.1, 0.15) is 0 Å². The van der Waals surface area contributed by atoms with Crippen LogP contribution in [0.4, 0.5) is 0 Å². The number of amides is 1. The lowest BCUT2D eigenvalue weighted by Crippen LogP contribution is -2.56. The van der Waals surface area contributed by atoms with E-state index in [1.165, 1.54) is 0 Å². The van der Waals surface area contributed by atoms with Crippen LogP contribution in [-0.2, 0) is 9.59 Å². The number of hydrogen-bond acceptors (Lipinski definition) is 3. The van der Waals surface area contributed by atoms with E-state index in [1.54, 1.807) is 0 Å². The quantitative estimate of drug-likeness (QED) is 0.654. The van der Waals surface area contributed by atoms with Gasteiger partial charge < -0.3 is 10.4 Å². The SMILES string of the molecule is CC(C)N1CC(=O)NC(CC(=O)O)C1. The molecule has 1 saturated heterocycles. The van der Waals surface area contributed by atoms with Crippen LogP contribution in [-0.4, -0.2) is 47.1 Å². The van der Waals surface area contributed by atoms with Gasteiger partial charge in [0.25, 0.3) is 0 Å². The van der Waals surface area contributed by atoms with Crippen LogP contribution in [0.25, 0.3) is 0 Å². The highest BCUT2D eigenvalue weighted by Crippen LogP contribution is 2.07. The Morgan fingerprint density at radius 3 is 2.86 bits per heavy atom. The molecule has 1 aliphatic heterocycles. The Kier molecular flexibility index (Phi) is 3.46. The molecule has 1 unspecified atom stereocenters. The Morgan fingerprint density at radius 1 is 1.71 bits per heavy atom. The third-order valence-electron chi connectivity index (χ3n) is 2.32. The molecule has 1 rings (SSSR count). The number of hydrogen-bond donors (Lipinski definition) is 2. The van der Waals surface area contributed by atoms with Crippen LogP contribution in [0, 0.1) is 0 Å². The highest BCUT2D eigenvalue weighted by Gasteiger charge is 2.27. The van der Waals surface area contributed by atoms with Crippen LogP contribution in [0.15, 0.2) is 0 Å². The average molecular weight is 200 g/mol. The van der Waals surface area contributed by atoms with Crippen LogP contribution in [0.5, 0.6) is 0 Å². The van der Waals surface area contributed by atoms with Crippen molar-refractivity contribution >= 4 is 11.9 Å². The Bertz CT molecular complexity index is 238. The maximum Gasteiger partial charge on any atom is 0.305 e. The molecule has 0 bridgehead atoms. The minimum Gasteiger partial charge on any atom is -0.481 e. The number of rotatable bonds is 3. The fraction of sp³-hybridized carbons (Fsp3) is 0.778. The minimum absolute atomic E-state index is 0.00500. The van der Waals surface area contributed by atoms with Crippen molar-refractivity contribution in [3.63, 3.8) is 0 Å². The molecule has 1 atom stereocenters. The standard InChI is InChI=1S/C9H16N2O3/c1-6(2)11-4-7(3-9(13)14)10-8(12)5-11/h6-7H,3-5H2,1-2H3,(H,10,12)(H,13,14). The largest absolute Gasteiger partial charge is 0.481 e. The van der Waals surface area contributed by atoms with Crippen molar-refractivity contribution in [3.8, 4) is 0 Å². The van der Waals surface area contributed by atoms with E-state index < -0.39 is 5.97 Å². The molecule has 1 fully saturated rings. The highest BCUT2D eigenvalue weighted by molar-refractivity contribution is 5.80. The number of carboxylic acids is 1. The zero-order valence-electron chi connectivity index (χ0n) is 8.49. The van der Waals surface area contributed by atoms with Gasteiger partial charge in [0.05, 0.1) is 19.0 Å². The van der Waals surface area contributed by atoms with Gasteiger partial charge in [-0.05, 0) is 13.8 Å². The predicted molar refractivity (Wildman–Crippen MR) is 50.9 cm³/mol. The van der Waals surface area contributed by atoms with E-state index in [0.29, 0.717) is 13.1 Å². The first-order valence-electron chi connectivity index (χ1n) is 4.74. The second-order valence-electron chi connectivity index (χ2n) is 3.89. The van der Waals surface area contributed by atoms with Gasteiger partial charge in [-0.3, -0.25) is 14.5 Å². The third kappa shape index (κ3) is 2.99. The molecule has 0 aliphatic carbocycles. The summed E-state index contributed by atoms with van der Waals surface area (Å²) in [4.78, 5) is 23.7. The van der Waals surface area contributed by atoms with Crippen molar-refractivity contribution < 1.29 is 14.7 Å². The first-order chi connectivity index (χ1) is 6.49.